The molecule has 1 rings (SSSR count). The van der Waals surface area contributed by atoms with Crippen LogP contribution in [-0.4, -0.2) is 93.6 Å². The van der Waals surface area contributed by atoms with Gasteiger partial charge in [-0.2, -0.15) is 0 Å². The monoisotopic (exact) mass is 553 g/mol. The predicted molar refractivity (Wildman–Crippen MR) is 158 cm³/mol. The quantitative estimate of drug-likeness (QED) is 0.170. The number of ketones is 1. The summed E-state index contributed by atoms with van der Waals surface area (Å²) in [6.45, 7) is 8.55. The first-order chi connectivity index (χ1) is 18.9. The number of ether oxygens (including phenoxy) is 2. The molecular formula is C31H59N3O5. The number of unbranched alkanes of at least 4 members (excludes halogenated alkanes) is 12. The Bertz CT molecular complexity index is 646. The lowest BCUT2D eigenvalue weighted by molar-refractivity contribution is -0.133. The zero-order valence-corrected chi connectivity index (χ0v) is 25.5. The molecule has 8 heteroatoms. The molecule has 0 radical (unpaired) electrons. The van der Waals surface area contributed by atoms with Crippen LogP contribution in [0.1, 0.15) is 110 Å². The van der Waals surface area contributed by atoms with Gasteiger partial charge in [-0.25, -0.2) is 0 Å². The van der Waals surface area contributed by atoms with Crippen LogP contribution in [0.15, 0.2) is 0 Å². The van der Waals surface area contributed by atoms with Crippen molar-refractivity contribution in [1.82, 2.24) is 15.1 Å². The SMILES string of the molecule is CCCCCCCCCCCCCCCC(=O)N1CCN(C)CC(C(=O)NCCOCCOCCC(C)=O)C1. The maximum atomic E-state index is 12.9. The Morgan fingerprint density at radius 3 is 1.87 bits per heavy atom. The summed E-state index contributed by atoms with van der Waals surface area (Å²) in [7, 11) is 2.01. The van der Waals surface area contributed by atoms with Crippen LogP contribution in [0.4, 0.5) is 0 Å². The highest BCUT2D eigenvalue weighted by molar-refractivity contribution is 5.81. The van der Waals surface area contributed by atoms with Gasteiger partial charge in [0.1, 0.15) is 5.78 Å². The van der Waals surface area contributed by atoms with E-state index in [0.29, 0.717) is 65.4 Å². The number of nitrogens with one attached hydrogen (secondary N) is 1. The molecule has 1 saturated heterocycles. The van der Waals surface area contributed by atoms with Gasteiger partial charge in [-0.3, -0.25) is 14.4 Å². The van der Waals surface area contributed by atoms with Crippen molar-refractivity contribution in [3.63, 3.8) is 0 Å². The molecule has 8 nitrogen and oxygen atoms in total. The minimum atomic E-state index is -0.233. The summed E-state index contributed by atoms with van der Waals surface area (Å²) >= 11 is 0. The summed E-state index contributed by atoms with van der Waals surface area (Å²) in [5.41, 5.74) is 0. The summed E-state index contributed by atoms with van der Waals surface area (Å²) in [5, 5.41) is 2.96. The number of amides is 2. The van der Waals surface area contributed by atoms with Gasteiger partial charge in [0.2, 0.25) is 11.8 Å². The zero-order valence-electron chi connectivity index (χ0n) is 25.5. The number of rotatable bonds is 24. The molecule has 1 atom stereocenters. The molecule has 1 aliphatic rings. The molecule has 39 heavy (non-hydrogen) atoms. The van der Waals surface area contributed by atoms with Gasteiger partial charge in [-0.05, 0) is 20.4 Å². The van der Waals surface area contributed by atoms with E-state index in [-0.39, 0.29) is 23.5 Å². The summed E-state index contributed by atoms with van der Waals surface area (Å²) < 4.78 is 10.8. The van der Waals surface area contributed by atoms with Crippen molar-refractivity contribution in [3.05, 3.63) is 0 Å². The van der Waals surface area contributed by atoms with Gasteiger partial charge in [0.15, 0.2) is 0 Å². The Morgan fingerprint density at radius 2 is 1.28 bits per heavy atom. The summed E-state index contributed by atoms with van der Waals surface area (Å²) in [4.78, 5) is 40.6. The third kappa shape index (κ3) is 20.1. The number of hydrogen-bond acceptors (Lipinski definition) is 6. The van der Waals surface area contributed by atoms with Crippen molar-refractivity contribution in [2.75, 3.05) is 66.2 Å². The lowest BCUT2D eigenvalue weighted by Gasteiger charge is -2.24. The normalized spacial score (nSPS) is 16.3. The predicted octanol–water partition coefficient (Wildman–Crippen LogP) is 4.99. The molecule has 228 valence electrons. The molecule has 0 aromatic heterocycles. The van der Waals surface area contributed by atoms with E-state index in [2.05, 4.69) is 17.1 Å². The smallest absolute Gasteiger partial charge is 0.226 e. The Kier molecular flexibility index (Phi) is 22.1. The van der Waals surface area contributed by atoms with E-state index in [4.69, 9.17) is 9.47 Å². The van der Waals surface area contributed by atoms with Crippen LogP contribution in [0, 0.1) is 5.92 Å². The Morgan fingerprint density at radius 1 is 0.718 bits per heavy atom. The van der Waals surface area contributed by atoms with E-state index in [0.717, 1.165) is 19.4 Å². The molecule has 0 spiro atoms. The molecule has 1 heterocycles. The van der Waals surface area contributed by atoms with Gasteiger partial charge in [-0.1, -0.05) is 84.0 Å². The minimum absolute atomic E-state index is 0.0242. The van der Waals surface area contributed by atoms with E-state index < -0.39 is 0 Å². The molecule has 0 aliphatic carbocycles. The average molecular weight is 554 g/mol. The maximum absolute atomic E-state index is 12.9. The molecule has 1 unspecified atom stereocenters. The fraction of sp³-hybridized carbons (Fsp3) is 0.903. The first-order valence-electron chi connectivity index (χ1n) is 15.8. The number of carbonyl (C=O) groups excluding carboxylic acids is 3. The largest absolute Gasteiger partial charge is 0.379 e. The highest BCUT2D eigenvalue weighted by Gasteiger charge is 2.28. The second-order valence-electron chi connectivity index (χ2n) is 11.3. The Hall–Kier alpha value is -1.51. The van der Waals surface area contributed by atoms with Crippen LogP contribution in [0.2, 0.25) is 0 Å². The number of nitrogens with zero attached hydrogens (tertiary/aromatic N) is 2. The van der Waals surface area contributed by atoms with Gasteiger partial charge < -0.3 is 24.6 Å². The minimum Gasteiger partial charge on any atom is -0.379 e. The highest BCUT2D eigenvalue weighted by atomic mass is 16.5. The third-order valence-corrected chi connectivity index (χ3v) is 7.46. The van der Waals surface area contributed by atoms with Crippen LogP contribution >= 0.6 is 0 Å². The van der Waals surface area contributed by atoms with Crippen LogP contribution in [0.3, 0.4) is 0 Å². The van der Waals surface area contributed by atoms with E-state index >= 15 is 0 Å². The van der Waals surface area contributed by atoms with Crippen molar-refractivity contribution < 1.29 is 23.9 Å². The average Bonchev–Trinajstić information content (AvgIpc) is 3.11. The molecule has 1 aliphatic heterocycles. The van der Waals surface area contributed by atoms with Crippen LogP contribution in [-0.2, 0) is 23.9 Å². The van der Waals surface area contributed by atoms with Crippen molar-refractivity contribution in [1.29, 1.82) is 0 Å². The van der Waals surface area contributed by atoms with Crippen molar-refractivity contribution in [2.45, 2.75) is 110 Å². The lowest BCUT2D eigenvalue weighted by Crippen LogP contribution is -2.43. The van der Waals surface area contributed by atoms with Crippen molar-refractivity contribution in [3.8, 4) is 0 Å². The molecule has 0 saturated carbocycles. The second-order valence-corrected chi connectivity index (χ2v) is 11.3. The fourth-order valence-corrected chi connectivity index (χ4v) is 4.95. The number of Topliss-reactive ketones (excluding diaryl/α,β-unsaturated/α-hetero) is 1. The zero-order chi connectivity index (χ0) is 28.6. The molecule has 2 amide bonds. The summed E-state index contributed by atoms with van der Waals surface area (Å²) in [5.74, 6) is 0.0359. The molecular weight excluding hydrogens is 494 g/mol. The van der Waals surface area contributed by atoms with Gasteiger partial charge in [0, 0.05) is 45.6 Å². The van der Waals surface area contributed by atoms with E-state index in [1.54, 1.807) is 6.92 Å². The maximum Gasteiger partial charge on any atom is 0.226 e. The molecule has 0 bridgehead atoms. The summed E-state index contributed by atoms with van der Waals surface area (Å²) in [6, 6.07) is 0. The Balaban J connectivity index is 2.13. The molecule has 0 aromatic rings. The van der Waals surface area contributed by atoms with E-state index in [1.807, 2.05) is 11.9 Å². The second kappa shape index (κ2) is 24.3. The molecule has 1 N–H and O–H groups in total. The standard InChI is InChI=1S/C31H59N3O5/c1-4-5-6-7-8-9-10-11-12-13-14-15-16-17-30(36)34-21-20-33(3)26-29(27-34)31(37)32-19-23-39-25-24-38-22-18-28(2)35/h29H,4-27H2,1-3H3,(H,32,37). The van der Waals surface area contributed by atoms with Crippen molar-refractivity contribution in [2.24, 2.45) is 5.92 Å². The number of likely N-dealkylation sites (N-methyl/N-ethyl adjacent to an activating group) is 1. The topological polar surface area (TPSA) is 88.2 Å². The highest BCUT2D eigenvalue weighted by Crippen LogP contribution is 2.15. The van der Waals surface area contributed by atoms with Gasteiger partial charge >= 0.3 is 0 Å². The van der Waals surface area contributed by atoms with E-state index in [9.17, 15) is 14.4 Å². The van der Waals surface area contributed by atoms with Crippen LogP contribution in [0.5, 0.6) is 0 Å². The van der Waals surface area contributed by atoms with Crippen LogP contribution in [0.25, 0.3) is 0 Å². The third-order valence-electron chi connectivity index (χ3n) is 7.46. The number of carbonyl (C=O) groups is 3. The molecule has 0 aromatic carbocycles. The number of hydrogen-bond donors (Lipinski definition) is 1. The lowest BCUT2D eigenvalue weighted by atomic mass is 10.0. The van der Waals surface area contributed by atoms with Crippen molar-refractivity contribution >= 4 is 17.6 Å². The summed E-state index contributed by atoms with van der Waals surface area (Å²) in [6.07, 6.45) is 17.9. The van der Waals surface area contributed by atoms with Gasteiger partial charge in [-0.15, -0.1) is 0 Å². The fourth-order valence-electron chi connectivity index (χ4n) is 4.95. The molecule has 1 fully saturated rings. The van der Waals surface area contributed by atoms with E-state index in [1.165, 1.54) is 70.6 Å². The first-order valence-corrected chi connectivity index (χ1v) is 15.8. The van der Waals surface area contributed by atoms with Gasteiger partial charge in [0.05, 0.1) is 32.3 Å². The Labute approximate surface area is 238 Å². The first kappa shape index (κ1) is 35.5. The van der Waals surface area contributed by atoms with Crippen LogP contribution < -0.4 is 5.32 Å². The van der Waals surface area contributed by atoms with Gasteiger partial charge in [0.25, 0.3) is 0 Å².